The lowest BCUT2D eigenvalue weighted by Crippen LogP contribution is -2.42. The van der Waals surface area contributed by atoms with Crippen LogP contribution in [0.4, 0.5) is 4.79 Å². The molecule has 0 aliphatic carbocycles. The molecule has 0 radical (unpaired) electrons. The number of carbonyl (C=O) groups excluding carboxylic acids is 2. The standard InChI is InChI=1S/C11H14N2O5S/c1-3-12-11(17)13-9(14)6(2)19-8-5-4-7(18-8)10(15)16/h4-6H,3H2,1-2H3,(H,15,16)(H2,12,13,14,17). The average molecular weight is 286 g/mol. The van der Waals surface area contributed by atoms with Crippen molar-refractivity contribution in [2.75, 3.05) is 6.54 Å². The SMILES string of the molecule is CCNC(=O)NC(=O)C(C)Sc1ccc(C(=O)O)o1. The lowest BCUT2D eigenvalue weighted by Gasteiger charge is -2.09. The fraction of sp³-hybridized carbons (Fsp3) is 0.364. The van der Waals surface area contributed by atoms with Gasteiger partial charge in [-0.2, -0.15) is 0 Å². The van der Waals surface area contributed by atoms with Gasteiger partial charge >= 0.3 is 12.0 Å². The van der Waals surface area contributed by atoms with Crippen LogP contribution in [0, 0.1) is 0 Å². The third kappa shape index (κ3) is 4.66. The number of rotatable bonds is 5. The number of thioether (sulfide) groups is 1. The van der Waals surface area contributed by atoms with Gasteiger partial charge in [-0.05, 0) is 26.0 Å². The maximum absolute atomic E-state index is 11.6. The van der Waals surface area contributed by atoms with Crippen LogP contribution in [-0.4, -0.2) is 34.8 Å². The van der Waals surface area contributed by atoms with E-state index in [4.69, 9.17) is 9.52 Å². The third-order valence-electron chi connectivity index (χ3n) is 2.03. The van der Waals surface area contributed by atoms with Gasteiger partial charge in [-0.25, -0.2) is 9.59 Å². The molecule has 0 aliphatic heterocycles. The van der Waals surface area contributed by atoms with Crippen molar-refractivity contribution in [3.63, 3.8) is 0 Å². The highest BCUT2D eigenvalue weighted by molar-refractivity contribution is 8.00. The molecule has 3 amide bonds. The predicted molar refractivity (Wildman–Crippen MR) is 68.2 cm³/mol. The third-order valence-corrected chi connectivity index (χ3v) is 3.05. The van der Waals surface area contributed by atoms with E-state index in [1.54, 1.807) is 13.8 Å². The van der Waals surface area contributed by atoms with Gasteiger partial charge in [0.05, 0.1) is 5.25 Å². The summed E-state index contributed by atoms with van der Waals surface area (Å²) in [4.78, 5) is 33.4. The zero-order valence-corrected chi connectivity index (χ0v) is 11.2. The molecule has 19 heavy (non-hydrogen) atoms. The van der Waals surface area contributed by atoms with Crippen molar-refractivity contribution in [2.45, 2.75) is 24.2 Å². The maximum atomic E-state index is 11.6. The smallest absolute Gasteiger partial charge is 0.371 e. The molecule has 0 aliphatic rings. The van der Waals surface area contributed by atoms with Gasteiger partial charge in [0.1, 0.15) is 0 Å². The molecule has 7 nitrogen and oxygen atoms in total. The minimum atomic E-state index is -1.17. The molecular formula is C11H14N2O5S. The summed E-state index contributed by atoms with van der Waals surface area (Å²) in [6, 6.07) is 2.20. The van der Waals surface area contributed by atoms with E-state index in [1.165, 1.54) is 12.1 Å². The molecule has 1 aromatic heterocycles. The average Bonchev–Trinajstić information content (AvgIpc) is 2.77. The minimum Gasteiger partial charge on any atom is -0.475 e. The fourth-order valence-electron chi connectivity index (χ4n) is 1.14. The Morgan fingerprint density at radius 2 is 2.11 bits per heavy atom. The molecule has 1 unspecified atom stereocenters. The van der Waals surface area contributed by atoms with E-state index in [0.29, 0.717) is 11.6 Å². The van der Waals surface area contributed by atoms with E-state index in [0.717, 1.165) is 11.8 Å². The van der Waals surface area contributed by atoms with Crippen molar-refractivity contribution in [3.05, 3.63) is 17.9 Å². The van der Waals surface area contributed by atoms with E-state index in [2.05, 4.69) is 10.6 Å². The summed E-state index contributed by atoms with van der Waals surface area (Å²) in [5, 5.41) is 13.0. The first-order valence-electron chi connectivity index (χ1n) is 5.52. The summed E-state index contributed by atoms with van der Waals surface area (Å²) in [7, 11) is 0. The van der Waals surface area contributed by atoms with Gasteiger partial charge in [0.25, 0.3) is 0 Å². The topological polar surface area (TPSA) is 109 Å². The van der Waals surface area contributed by atoms with E-state index in [9.17, 15) is 14.4 Å². The Labute approximate surface area is 113 Å². The molecule has 1 aromatic rings. The highest BCUT2D eigenvalue weighted by Crippen LogP contribution is 2.25. The quantitative estimate of drug-likeness (QED) is 0.704. The first-order valence-corrected chi connectivity index (χ1v) is 6.40. The number of carboxylic acids is 1. The molecule has 0 aromatic carbocycles. The summed E-state index contributed by atoms with van der Waals surface area (Å²) in [6.45, 7) is 3.74. The van der Waals surface area contributed by atoms with Crippen molar-refractivity contribution < 1.29 is 23.9 Å². The number of amides is 3. The zero-order valence-electron chi connectivity index (χ0n) is 10.4. The maximum Gasteiger partial charge on any atom is 0.371 e. The Balaban J connectivity index is 2.53. The number of aromatic carboxylic acids is 1. The first-order chi connectivity index (χ1) is 8.93. The Bertz CT molecular complexity index is 485. The van der Waals surface area contributed by atoms with Gasteiger partial charge in [-0.15, -0.1) is 0 Å². The lowest BCUT2D eigenvalue weighted by molar-refractivity contribution is -0.119. The van der Waals surface area contributed by atoms with Crippen molar-refractivity contribution in [1.82, 2.24) is 10.6 Å². The van der Waals surface area contributed by atoms with Crippen LogP contribution in [0.5, 0.6) is 0 Å². The molecule has 0 spiro atoms. The van der Waals surface area contributed by atoms with Crippen LogP contribution < -0.4 is 10.6 Å². The van der Waals surface area contributed by atoms with Crippen LogP contribution >= 0.6 is 11.8 Å². The van der Waals surface area contributed by atoms with Crippen molar-refractivity contribution in [3.8, 4) is 0 Å². The lowest BCUT2D eigenvalue weighted by atomic mass is 10.4. The summed E-state index contributed by atoms with van der Waals surface area (Å²) in [6.07, 6.45) is 0. The van der Waals surface area contributed by atoms with Crippen molar-refractivity contribution in [2.24, 2.45) is 0 Å². The van der Waals surface area contributed by atoms with Crippen LogP contribution in [0.2, 0.25) is 0 Å². The van der Waals surface area contributed by atoms with E-state index in [-0.39, 0.29) is 5.76 Å². The van der Waals surface area contributed by atoms with Gasteiger partial charge in [0.2, 0.25) is 11.7 Å². The van der Waals surface area contributed by atoms with Crippen LogP contribution in [0.15, 0.2) is 21.6 Å². The van der Waals surface area contributed by atoms with Crippen LogP contribution in [0.1, 0.15) is 24.4 Å². The second kappa shape index (κ2) is 6.83. The Kier molecular flexibility index (Phi) is 5.43. The molecular weight excluding hydrogens is 272 g/mol. The van der Waals surface area contributed by atoms with E-state index >= 15 is 0 Å². The highest BCUT2D eigenvalue weighted by Gasteiger charge is 2.19. The van der Waals surface area contributed by atoms with Crippen LogP contribution in [0.25, 0.3) is 0 Å². The van der Waals surface area contributed by atoms with E-state index in [1.807, 2.05) is 0 Å². The molecule has 1 heterocycles. The number of carboxylic acid groups (broad SMARTS) is 1. The number of carbonyl (C=O) groups is 3. The van der Waals surface area contributed by atoms with E-state index < -0.39 is 23.2 Å². The monoisotopic (exact) mass is 286 g/mol. The number of hydrogen-bond donors (Lipinski definition) is 3. The molecule has 0 fully saturated rings. The number of urea groups is 1. The first kappa shape index (κ1) is 15.1. The summed E-state index contributed by atoms with van der Waals surface area (Å²) >= 11 is 1.03. The molecule has 104 valence electrons. The highest BCUT2D eigenvalue weighted by atomic mass is 32.2. The minimum absolute atomic E-state index is 0.196. The predicted octanol–water partition coefficient (Wildman–Crippen LogP) is 1.30. The molecule has 8 heteroatoms. The van der Waals surface area contributed by atoms with Gasteiger partial charge in [0.15, 0.2) is 5.09 Å². The van der Waals surface area contributed by atoms with Gasteiger partial charge in [0, 0.05) is 6.54 Å². The summed E-state index contributed by atoms with van der Waals surface area (Å²) in [5.74, 6) is -1.85. The number of furan rings is 1. The zero-order chi connectivity index (χ0) is 14.4. The Hall–Kier alpha value is -1.96. The summed E-state index contributed by atoms with van der Waals surface area (Å²) < 4.78 is 5.00. The largest absolute Gasteiger partial charge is 0.475 e. The second-order valence-electron chi connectivity index (χ2n) is 3.53. The van der Waals surface area contributed by atoms with Gasteiger partial charge in [-0.1, -0.05) is 11.8 Å². The molecule has 1 atom stereocenters. The van der Waals surface area contributed by atoms with Gasteiger partial charge < -0.3 is 14.8 Å². The number of hydrogen-bond acceptors (Lipinski definition) is 5. The number of nitrogens with one attached hydrogen (secondary N) is 2. The second-order valence-corrected chi connectivity index (χ2v) is 4.88. The Morgan fingerprint density at radius 3 is 2.63 bits per heavy atom. The molecule has 0 bridgehead atoms. The summed E-state index contributed by atoms with van der Waals surface area (Å²) in [5.41, 5.74) is 0. The van der Waals surface area contributed by atoms with Crippen molar-refractivity contribution >= 4 is 29.7 Å². The van der Waals surface area contributed by atoms with Crippen LogP contribution in [-0.2, 0) is 4.79 Å². The fourth-order valence-corrected chi connectivity index (χ4v) is 1.94. The molecule has 0 saturated heterocycles. The van der Waals surface area contributed by atoms with Crippen LogP contribution in [0.3, 0.4) is 0 Å². The van der Waals surface area contributed by atoms with Crippen molar-refractivity contribution in [1.29, 1.82) is 0 Å². The Morgan fingerprint density at radius 1 is 1.42 bits per heavy atom. The van der Waals surface area contributed by atoms with Gasteiger partial charge in [-0.3, -0.25) is 10.1 Å². The molecule has 1 rings (SSSR count). The molecule has 0 saturated carbocycles. The normalized spacial score (nSPS) is 11.7. The molecule has 3 N–H and O–H groups in total. The number of imide groups is 1.